The first-order valence-electron chi connectivity index (χ1n) is 8.01. The number of carbonyl (C=O) groups excluding carboxylic acids is 1. The van der Waals surface area contributed by atoms with Crippen LogP contribution in [0.3, 0.4) is 0 Å². The number of halogens is 1. The normalized spacial score (nSPS) is 10.4. The van der Waals surface area contributed by atoms with E-state index in [1.54, 1.807) is 12.1 Å². The van der Waals surface area contributed by atoms with Crippen molar-refractivity contribution in [3.8, 4) is 11.5 Å². The van der Waals surface area contributed by atoms with E-state index in [4.69, 9.17) is 21.1 Å². The van der Waals surface area contributed by atoms with E-state index in [0.717, 1.165) is 6.54 Å². The Bertz CT molecular complexity index is 717. The molecule has 1 amide bonds. The molecule has 0 saturated heterocycles. The molecule has 5 nitrogen and oxygen atoms in total. The topological polar surface area (TPSA) is 59.6 Å². The molecule has 0 radical (unpaired) electrons. The smallest absolute Gasteiger partial charge is 0.225 e. The number of nitrogens with one attached hydrogen (secondary N) is 2. The second kappa shape index (κ2) is 9.30. The zero-order valence-electron chi connectivity index (χ0n) is 14.7. The third-order valence-corrected chi connectivity index (χ3v) is 4.02. The van der Waals surface area contributed by atoms with Gasteiger partial charge in [-0.05, 0) is 12.5 Å². The van der Waals surface area contributed by atoms with Crippen LogP contribution in [0.1, 0.15) is 17.5 Å². The highest BCUT2D eigenvalue weighted by atomic mass is 35.5. The average molecular weight is 363 g/mol. The van der Waals surface area contributed by atoms with Gasteiger partial charge in [-0.2, -0.15) is 0 Å². The van der Waals surface area contributed by atoms with Crippen molar-refractivity contribution in [2.24, 2.45) is 0 Å². The van der Waals surface area contributed by atoms with Crippen molar-refractivity contribution in [3.63, 3.8) is 0 Å². The zero-order valence-corrected chi connectivity index (χ0v) is 15.4. The molecule has 2 rings (SSSR count). The molecule has 0 bridgehead atoms. The largest absolute Gasteiger partial charge is 0.495 e. The summed E-state index contributed by atoms with van der Waals surface area (Å²) in [5, 5.41) is 6.52. The van der Waals surface area contributed by atoms with Crippen LogP contribution in [0.15, 0.2) is 36.4 Å². The van der Waals surface area contributed by atoms with Gasteiger partial charge in [0.05, 0.1) is 24.9 Å². The Kier molecular flexibility index (Phi) is 7.10. The molecule has 0 heterocycles. The minimum atomic E-state index is -0.112. The highest BCUT2D eigenvalue weighted by molar-refractivity contribution is 6.32. The van der Waals surface area contributed by atoms with Crippen molar-refractivity contribution in [2.75, 3.05) is 26.1 Å². The van der Waals surface area contributed by atoms with Gasteiger partial charge in [0, 0.05) is 31.6 Å². The zero-order chi connectivity index (χ0) is 18.2. The highest BCUT2D eigenvalue weighted by Crippen LogP contribution is 2.35. The van der Waals surface area contributed by atoms with E-state index in [9.17, 15) is 4.79 Å². The molecule has 0 saturated carbocycles. The lowest BCUT2D eigenvalue weighted by atomic mass is 10.1. The van der Waals surface area contributed by atoms with Gasteiger partial charge < -0.3 is 20.1 Å². The molecule has 2 aromatic carbocycles. The van der Waals surface area contributed by atoms with Crippen molar-refractivity contribution in [1.82, 2.24) is 5.32 Å². The fourth-order valence-electron chi connectivity index (χ4n) is 2.31. The van der Waals surface area contributed by atoms with Gasteiger partial charge in [-0.1, -0.05) is 41.4 Å². The van der Waals surface area contributed by atoms with Gasteiger partial charge in [-0.3, -0.25) is 4.79 Å². The van der Waals surface area contributed by atoms with Crippen LogP contribution in [0.4, 0.5) is 5.69 Å². The standard InChI is InChI=1S/C19H23ClN2O3/c1-13-4-6-14(7-5-13)12-21-9-8-19(23)22-16-11-17(24-2)15(20)10-18(16)25-3/h4-7,10-11,21H,8-9,12H2,1-3H3,(H,22,23). The van der Waals surface area contributed by atoms with Crippen LogP contribution in [-0.4, -0.2) is 26.7 Å². The van der Waals surface area contributed by atoms with E-state index in [-0.39, 0.29) is 5.91 Å². The average Bonchev–Trinajstić information content (AvgIpc) is 2.61. The molecule has 0 fully saturated rings. The molecule has 0 aliphatic carbocycles. The summed E-state index contributed by atoms with van der Waals surface area (Å²) in [7, 11) is 3.05. The molecule has 25 heavy (non-hydrogen) atoms. The first-order chi connectivity index (χ1) is 12.0. The van der Waals surface area contributed by atoms with Crippen LogP contribution < -0.4 is 20.1 Å². The minimum absolute atomic E-state index is 0.112. The number of carbonyl (C=O) groups is 1. The number of aryl methyl sites for hydroxylation is 1. The first kappa shape index (κ1) is 19.1. The van der Waals surface area contributed by atoms with Gasteiger partial charge in [0.15, 0.2) is 0 Å². The summed E-state index contributed by atoms with van der Waals surface area (Å²) in [6, 6.07) is 11.6. The highest BCUT2D eigenvalue weighted by Gasteiger charge is 2.12. The van der Waals surface area contributed by atoms with Gasteiger partial charge >= 0.3 is 0 Å². The molecule has 0 aromatic heterocycles. The molecule has 0 spiro atoms. The van der Waals surface area contributed by atoms with Gasteiger partial charge in [0.1, 0.15) is 11.5 Å². The molecule has 0 unspecified atom stereocenters. The molecule has 0 atom stereocenters. The number of ether oxygens (including phenoxy) is 2. The Morgan fingerprint density at radius 3 is 2.40 bits per heavy atom. The molecular weight excluding hydrogens is 340 g/mol. The first-order valence-corrected chi connectivity index (χ1v) is 8.39. The summed E-state index contributed by atoms with van der Waals surface area (Å²) in [6.07, 6.45) is 0.347. The maximum absolute atomic E-state index is 12.1. The van der Waals surface area contributed by atoms with Crippen molar-refractivity contribution < 1.29 is 14.3 Å². The molecule has 0 aliphatic heterocycles. The summed E-state index contributed by atoms with van der Waals surface area (Å²) < 4.78 is 10.4. The summed E-state index contributed by atoms with van der Waals surface area (Å²) in [5.41, 5.74) is 2.96. The van der Waals surface area contributed by atoms with E-state index in [0.29, 0.717) is 35.2 Å². The lowest BCUT2D eigenvalue weighted by Crippen LogP contribution is -2.21. The second-order valence-corrected chi connectivity index (χ2v) is 6.05. The fraction of sp³-hybridized carbons (Fsp3) is 0.316. The van der Waals surface area contributed by atoms with Crippen LogP contribution in [0.25, 0.3) is 0 Å². The van der Waals surface area contributed by atoms with Crippen LogP contribution in [0.5, 0.6) is 11.5 Å². The molecule has 134 valence electrons. The SMILES string of the molecule is COc1cc(NC(=O)CCNCc2ccc(C)cc2)c(OC)cc1Cl. The Morgan fingerprint density at radius 2 is 1.76 bits per heavy atom. The van der Waals surface area contributed by atoms with E-state index in [1.807, 2.05) is 0 Å². The van der Waals surface area contributed by atoms with E-state index in [1.165, 1.54) is 25.3 Å². The van der Waals surface area contributed by atoms with Gasteiger partial charge in [0.25, 0.3) is 0 Å². The summed E-state index contributed by atoms with van der Waals surface area (Å²) >= 11 is 6.06. The second-order valence-electron chi connectivity index (χ2n) is 5.65. The van der Waals surface area contributed by atoms with Crippen LogP contribution in [0.2, 0.25) is 5.02 Å². The van der Waals surface area contributed by atoms with Crippen LogP contribution in [0, 0.1) is 6.92 Å². The minimum Gasteiger partial charge on any atom is -0.495 e. The number of amides is 1. The van der Waals surface area contributed by atoms with E-state index < -0.39 is 0 Å². The maximum atomic E-state index is 12.1. The number of methoxy groups -OCH3 is 2. The van der Waals surface area contributed by atoms with Crippen molar-refractivity contribution in [1.29, 1.82) is 0 Å². The van der Waals surface area contributed by atoms with Crippen LogP contribution >= 0.6 is 11.6 Å². The summed E-state index contributed by atoms with van der Waals surface area (Å²) in [6.45, 7) is 3.36. The maximum Gasteiger partial charge on any atom is 0.225 e. The molecule has 2 aromatic rings. The Balaban J connectivity index is 1.84. The lowest BCUT2D eigenvalue weighted by molar-refractivity contribution is -0.116. The lowest BCUT2D eigenvalue weighted by Gasteiger charge is -2.13. The Morgan fingerprint density at radius 1 is 1.08 bits per heavy atom. The summed E-state index contributed by atoms with van der Waals surface area (Å²) in [5.74, 6) is 0.862. The molecule has 0 aliphatic rings. The van der Waals surface area contributed by atoms with Gasteiger partial charge in [0.2, 0.25) is 5.91 Å². The van der Waals surface area contributed by atoms with Crippen molar-refractivity contribution in [3.05, 3.63) is 52.5 Å². The third-order valence-electron chi connectivity index (χ3n) is 3.73. The number of hydrogen-bond acceptors (Lipinski definition) is 4. The van der Waals surface area contributed by atoms with E-state index >= 15 is 0 Å². The fourth-order valence-corrected chi connectivity index (χ4v) is 2.54. The molecule has 2 N–H and O–H groups in total. The number of anilines is 1. The third kappa shape index (κ3) is 5.66. The quantitative estimate of drug-likeness (QED) is 0.701. The molecule has 6 heteroatoms. The number of benzene rings is 2. The number of rotatable bonds is 8. The van der Waals surface area contributed by atoms with Crippen molar-refractivity contribution >= 4 is 23.2 Å². The van der Waals surface area contributed by atoms with Crippen molar-refractivity contribution in [2.45, 2.75) is 19.9 Å². The predicted molar refractivity (Wildman–Crippen MR) is 101 cm³/mol. The Labute approximate surface area is 153 Å². The predicted octanol–water partition coefficient (Wildman–Crippen LogP) is 3.78. The summed E-state index contributed by atoms with van der Waals surface area (Å²) in [4.78, 5) is 12.1. The van der Waals surface area contributed by atoms with Gasteiger partial charge in [-0.25, -0.2) is 0 Å². The monoisotopic (exact) mass is 362 g/mol. The Hall–Kier alpha value is -2.24. The number of hydrogen-bond donors (Lipinski definition) is 2. The molecular formula is C19H23ClN2O3. The van der Waals surface area contributed by atoms with E-state index in [2.05, 4.69) is 41.8 Å². The van der Waals surface area contributed by atoms with Crippen LogP contribution in [-0.2, 0) is 11.3 Å². The van der Waals surface area contributed by atoms with Gasteiger partial charge in [-0.15, -0.1) is 0 Å².